The molecule has 3 rings (SSSR count). The molecule has 0 saturated carbocycles. The molecule has 2 N–H and O–H groups in total. The van der Waals surface area contributed by atoms with Gasteiger partial charge in [0.2, 0.25) is 0 Å². The summed E-state index contributed by atoms with van der Waals surface area (Å²) in [6.45, 7) is 4.97. The Balaban J connectivity index is 1.65. The van der Waals surface area contributed by atoms with Crippen molar-refractivity contribution in [3.05, 3.63) is 90.0 Å². The second kappa shape index (κ2) is 12.7. The van der Waals surface area contributed by atoms with Crippen molar-refractivity contribution in [3.63, 3.8) is 0 Å². The highest BCUT2D eigenvalue weighted by atomic mass is 32.2. The maximum atomic E-state index is 13.4. The molecule has 0 aliphatic heterocycles. The van der Waals surface area contributed by atoms with E-state index in [1.54, 1.807) is 73.7 Å². The summed E-state index contributed by atoms with van der Waals surface area (Å²) >= 11 is 0. The summed E-state index contributed by atoms with van der Waals surface area (Å²) in [6.07, 6.45) is 1.43. The molecule has 3 aromatic carbocycles. The number of nitrogens with one attached hydrogen (secondary N) is 2. The molecule has 0 aromatic heterocycles. The van der Waals surface area contributed by atoms with Crippen LogP contribution < -0.4 is 19.8 Å². The normalized spacial score (nSPS) is 11.4. The van der Waals surface area contributed by atoms with Crippen molar-refractivity contribution in [1.82, 2.24) is 10.7 Å². The smallest absolute Gasteiger partial charge is 0.264 e. The van der Waals surface area contributed by atoms with Gasteiger partial charge < -0.3 is 10.1 Å². The lowest BCUT2D eigenvalue weighted by atomic mass is 10.2. The zero-order chi connectivity index (χ0) is 26.8. The SMILES string of the molecule is Cc1ccccc1N(CC(=O)N/N=C\c1ccc(OCC(=O)NC(C)C)cc1)S(=O)(=O)c1ccccc1. The van der Waals surface area contributed by atoms with Crippen molar-refractivity contribution in [3.8, 4) is 5.75 Å². The Hall–Kier alpha value is -4.18. The second-order valence-corrected chi connectivity index (χ2v) is 10.3. The molecule has 0 heterocycles. The van der Waals surface area contributed by atoms with E-state index < -0.39 is 22.5 Å². The third-order valence-electron chi connectivity index (χ3n) is 5.11. The molecule has 37 heavy (non-hydrogen) atoms. The summed E-state index contributed by atoms with van der Waals surface area (Å²) in [5.41, 5.74) is 4.18. The minimum Gasteiger partial charge on any atom is -0.484 e. The van der Waals surface area contributed by atoms with Crippen molar-refractivity contribution in [2.75, 3.05) is 17.5 Å². The molecule has 194 valence electrons. The molecule has 0 radical (unpaired) electrons. The Kier molecular flexibility index (Phi) is 9.39. The van der Waals surface area contributed by atoms with Crippen LogP contribution in [0.25, 0.3) is 0 Å². The fourth-order valence-electron chi connectivity index (χ4n) is 3.37. The number of hydrogen-bond donors (Lipinski definition) is 2. The number of rotatable bonds is 11. The molecule has 0 fully saturated rings. The minimum absolute atomic E-state index is 0.0344. The van der Waals surface area contributed by atoms with Gasteiger partial charge in [-0.2, -0.15) is 5.10 Å². The van der Waals surface area contributed by atoms with Gasteiger partial charge in [-0.15, -0.1) is 0 Å². The highest BCUT2D eigenvalue weighted by Crippen LogP contribution is 2.26. The third-order valence-corrected chi connectivity index (χ3v) is 6.88. The molecular weight excluding hydrogens is 492 g/mol. The summed E-state index contributed by atoms with van der Waals surface area (Å²) in [7, 11) is -3.99. The molecule has 9 nitrogen and oxygen atoms in total. The van der Waals surface area contributed by atoms with Crippen LogP contribution in [0.15, 0.2) is 88.9 Å². The predicted molar refractivity (Wildman–Crippen MR) is 143 cm³/mol. The van der Waals surface area contributed by atoms with Crippen LogP contribution in [0.3, 0.4) is 0 Å². The first-order chi connectivity index (χ1) is 17.7. The van der Waals surface area contributed by atoms with Gasteiger partial charge >= 0.3 is 0 Å². The molecule has 0 spiro atoms. The molecule has 0 aliphatic rings. The van der Waals surface area contributed by atoms with Crippen molar-refractivity contribution in [2.24, 2.45) is 5.10 Å². The number of hydrazone groups is 1. The zero-order valence-electron chi connectivity index (χ0n) is 20.9. The molecule has 2 amide bonds. The number of hydrogen-bond acceptors (Lipinski definition) is 6. The van der Waals surface area contributed by atoms with Gasteiger partial charge in [0, 0.05) is 6.04 Å². The van der Waals surface area contributed by atoms with Crippen molar-refractivity contribution in [1.29, 1.82) is 0 Å². The summed E-state index contributed by atoms with van der Waals surface area (Å²) in [6, 6.07) is 21.7. The Morgan fingerprint density at radius 2 is 1.59 bits per heavy atom. The average Bonchev–Trinajstić information content (AvgIpc) is 2.87. The van der Waals surface area contributed by atoms with Crippen molar-refractivity contribution in [2.45, 2.75) is 31.7 Å². The van der Waals surface area contributed by atoms with E-state index in [1.165, 1.54) is 18.3 Å². The van der Waals surface area contributed by atoms with E-state index in [9.17, 15) is 18.0 Å². The van der Waals surface area contributed by atoms with Gasteiger partial charge in [0.05, 0.1) is 16.8 Å². The van der Waals surface area contributed by atoms with Crippen LogP contribution in [-0.4, -0.2) is 45.6 Å². The number of carbonyl (C=O) groups excluding carboxylic acids is 2. The molecule has 3 aromatic rings. The van der Waals surface area contributed by atoms with Gasteiger partial charge in [-0.1, -0.05) is 36.4 Å². The van der Waals surface area contributed by atoms with Gasteiger partial charge in [0.25, 0.3) is 21.8 Å². The third kappa shape index (κ3) is 7.91. The molecule has 10 heteroatoms. The molecular formula is C27H30N4O5S. The number of anilines is 1. The highest BCUT2D eigenvalue weighted by Gasteiger charge is 2.27. The monoisotopic (exact) mass is 522 g/mol. The standard InChI is InChI=1S/C27H30N4O5S/c1-20(2)29-27(33)19-36-23-15-13-22(14-16-23)17-28-30-26(32)18-31(25-12-8-7-9-21(25)3)37(34,35)24-10-5-4-6-11-24/h4-17,20H,18-19H2,1-3H3,(H,29,33)(H,30,32)/b28-17-. The lowest BCUT2D eigenvalue weighted by molar-refractivity contribution is -0.123. The number of para-hydroxylation sites is 1. The number of nitrogens with zero attached hydrogens (tertiary/aromatic N) is 2. The number of ether oxygens (including phenoxy) is 1. The summed E-state index contributed by atoms with van der Waals surface area (Å²) in [5, 5.41) is 6.69. The fraction of sp³-hybridized carbons (Fsp3) is 0.222. The van der Waals surface area contributed by atoms with Crippen LogP contribution in [-0.2, 0) is 19.6 Å². The van der Waals surface area contributed by atoms with E-state index in [-0.39, 0.29) is 23.5 Å². The first-order valence-electron chi connectivity index (χ1n) is 11.6. The van der Waals surface area contributed by atoms with Gasteiger partial charge in [-0.3, -0.25) is 13.9 Å². The molecule has 0 bridgehead atoms. The van der Waals surface area contributed by atoms with E-state index in [0.29, 0.717) is 22.6 Å². The summed E-state index contributed by atoms with van der Waals surface area (Å²) in [4.78, 5) is 24.5. The van der Waals surface area contributed by atoms with Gasteiger partial charge in [0.1, 0.15) is 12.3 Å². The maximum Gasteiger partial charge on any atom is 0.264 e. The van der Waals surface area contributed by atoms with E-state index in [2.05, 4.69) is 15.8 Å². The number of amides is 2. The highest BCUT2D eigenvalue weighted by molar-refractivity contribution is 7.92. The van der Waals surface area contributed by atoms with E-state index >= 15 is 0 Å². The number of aryl methyl sites for hydroxylation is 1. The van der Waals surface area contributed by atoms with Crippen LogP contribution in [0.1, 0.15) is 25.0 Å². The molecule has 0 atom stereocenters. The predicted octanol–water partition coefficient (Wildman–Crippen LogP) is 3.24. The number of benzene rings is 3. The quantitative estimate of drug-likeness (QED) is 0.296. The fourth-order valence-corrected chi connectivity index (χ4v) is 4.88. The van der Waals surface area contributed by atoms with Crippen molar-refractivity contribution >= 4 is 33.7 Å². The van der Waals surface area contributed by atoms with Gasteiger partial charge in [-0.05, 0) is 74.4 Å². The van der Waals surface area contributed by atoms with E-state index in [4.69, 9.17) is 4.74 Å². The first-order valence-corrected chi connectivity index (χ1v) is 13.1. The average molecular weight is 523 g/mol. The molecule has 0 aliphatic carbocycles. The number of sulfonamides is 1. The van der Waals surface area contributed by atoms with Gasteiger partial charge in [-0.25, -0.2) is 13.8 Å². The maximum absolute atomic E-state index is 13.4. The van der Waals surface area contributed by atoms with Crippen molar-refractivity contribution < 1.29 is 22.7 Å². The van der Waals surface area contributed by atoms with Crippen LogP contribution >= 0.6 is 0 Å². The summed E-state index contributed by atoms with van der Waals surface area (Å²) < 4.78 is 33.2. The van der Waals surface area contributed by atoms with Crippen LogP contribution in [0.4, 0.5) is 5.69 Å². The lowest BCUT2D eigenvalue weighted by Crippen LogP contribution is -2.40. The van der Waals surface area contributed by atoms with Crippen LogP contribution in [0, 0.1) is 6.92 Å². The Morgan fingerprint density at radius 3 is 2.24 bits per heavy atom. The molecule has 0 saturated heterocycles. The lowest BCUT2D eigenvalue weighted by Gasteiger charge is -2.25. The largest absolute Gasteiger partial charge is 0.484 e. The minimum atomic E-state index is -3.99. The second-order valence-electron chi connectivity index (χ2n) is 8.48. The van der Waals surface area contributed by atoms with Crippen LogP contribution in [0.2, 0.25) is 0 Å². The van der Waals surface area contributed by atoms with E-state index in [0.717, 1.165) is 4.31 Å². The zero-order valence-corrected chi connectivity index (χ0v) is 21.7. The van der Waals surface area contributed by atoms with E-state index in [1.807, 2.05) is 13.8 Å². The Bertz CT molecular complexity index is 1340. The first kappa shape index (κ1) is 27.4. The molecule has 0 unspecified atom stereocenters. The topological polar surface area (TPSA) is 117 Å². The Morgan fingerprint density at radius 1 is 0.946 bits per heavy atom. The number of carbonyl (C=O) groups is 2. The summed E-state index contributed by atoms with van der Waals surface area (Å²) in [5.74, 6) is -0.299. The van der Waals surface area contributed by atoms with Crippen LogP contribution in [0.5, 0.6) is 5.75 Å². The van der Waals surface area contributed by atoms with Gasteiger partial charge in [0.15, 0.2) is 6.61 Å². The Labute approximate surface area is 217 Å².